The van der Waals surface area contributed by atoms with Crippen molar-refractivity contribution in [1.29, 1.82) is 0 Å². The van der Waals surface area contributed by atoms with Crippen LogP contribution in [0.5, 0.6) is 0 Å². The molecule has 2 aromatic carbocycles. The molecule has 2 rings (SSSR count). The Labute approximate surface area is 121 Å². The van der Waals surface area contributed by atoms with Gasteiger partial charge in [-0.2, -0.15) is 0 Å². The lowest BCUT2D eigenvalue weighted by molar-refractivity contribution is 0.599. The molecule has 1 unspecified atom stereocenters. The second kappa shape index (κ2) is 5.88. The third kappa shape index (κ3) is 3.07. The third-order valence-corrected chi connectivity index (χ3v) is 3.53. The number of nitrogens with one attached hydrogen (secondary N) is 1. The molecule has 0 aliphatic carbocycles. The van der Waals surface area contributed by atoms with Gasteiger partial charge in [0.05, 0.1) is 6.04 Å². The van der Waals surface area contributed by atoms with Gasteiger partial charge in [-0.1, -0.05) is 41.4 Å². The minimum Gasteiger partial charge on any atom is -0.271 e. The van der Waals surface area contributed by atoms with Crippen molar-refractivity contribution in [2.45, 2.75) is 13.0 Å². The summed E-state index contributed by atoms with van der Waals surface area (Å²) in [4.78, 5) is 0. The molecular weight excluding hydrogens is 286 g/mol. The van der Waals surface area contributed by atoms with E-state index in [1.54, 1.807) is 31.2 Å². The molecule has 3 N–H and O–H groups in total. The predicted molar refractivity (Wildman–Crippen MR) is 76.8 cm³/mol. The number of rotatable bonds is 3. The quantitative estimate of drug-likeness (QED) is 0.664. The number of hydrazine groups is 1. The first-order valence-electron chi connectivity index (χ1n) is 5.70. The summed E-state index contributed by atoms with van der Waals surface area (Å²) < 4.78 is 13.6. The van der Waals surface area contributed by atoms with Crippen LogP contribution in [0.15, 0.2) is 36.4 Å². The molecular formula is C14H13Cl2FN2. The maximum Gasteiger partial charge on any atom is 0.126 e. The van der Waals surface area contributed by atoms with Crippen LogP contribution >= 0.6 is 23.2 Å². The fourth-order valence-corrected chi connectivity index (χ4v) is 2.41. The molecule has 0 aliphatic heterocycles. The number of hydrogen-bond acceptors (Lipinski definition) is 2. The average Bonchev–Trinajstić information content (AvgIpc) is 2.37. The van der Waals surface area contributed by atoms with E-state index in [1.165, 1.54) is 6.07 Å². The van der Waals surface area contributed by atoms with E-state index in [4.69, 9.17) is 29.0 Å². The van der Waals surface area contributed by atoms with Gasteiger partial charge >= 0.3 is 0 Å². The van der Waals surface area contributed by atoms with E-state index in [-0.39, 0.29) is 11.9 Å². The molecule has 5 heteroatoms. The fourth-order valence-electron chi connectivity index (χ4n) is 1.89. The van der Waals surface area contributed by atoms with E-state index in [2.05, 4.69) is 5.43 Å². The number of hydrogen-bond donors (Lipinski definition) is 2. The first kappa shape index (κ1) is 14.3. The summed E-state index contributed by atoms with van der Waals surface area (Å²) in [6.07, 6.45) is 0. The van der Waals surface area contributed by atoms with Crippen LogP contribution in [-0.2, 0) is 0 Å². The van der Waals surface area contributed by atoms with Crippen LogP contribution in [0.1, 0.15) is 22.7 Å². The Morgan fingerprint density at radius 3 is 2.47 bits per heavy atom. The molecule has 0 aliphatic rings. The normalized spacial score (nSPS) is 12.5. The van der Waals surface area contributed by atoms with Gasteiger partial charge in [-0.25, -0.2) is 9.82 Å². The molecule has 0 aromatic heterocycles. The summed E-state index contributed by atoms with van der Waals surface area (Å²) in [5, 5.41) is 1.02. The second-order valence-electron chi connectivity index (χ2n) is 4.27. The molecule has 2 aromatic rings. The Bertz CT molecular complexity index is 602. The van der Waals surface area contributed by atoms with Gasteiger partial charge < -0.3 is 0 Å². The van der Waals surface area contributed by atoms with E-state index in [0.717, 1.165) is 5.56 Å². The highest BCUT2D eigenvalue weighted by atomic mass is 35.5. The largest absolute Gasteiger partial charge is 0.271 e. The summed E-state index contributed by atoms with van der Waals surface area (Å²) in [7, 11) is 0. The van der Waals surface area contributed by atoms with E-state index in [0.29, 0.717) is 21.2 Å². The molecule has 0 saturated heterocycles. The molecule has 100 valence electrons. The maximum atomic E-state index is 13.6. The van der Waals surface area contributed by atoms with Crippen molar-refractivity contribution in [2.75, 3.05) is 0 Å². The standard InChI is InChI=1S/C14H13Cl2FN2/c1-8-2-3-9(6-13(8)17)14(19-18)11-5-4-10(15)7-12(11)16/h2-7,14,19H,18H2,1H3. The van der Waals surface area contributed by atoms with Crippen molar-refractivity contribution in [1.82, 2.24) is 5.43 Å². The van der Waals surface area contributed by atoms with Crippen LogP contribution in [0.25, 0.3) is 0 Å². The lowest BCUT2D eigenvalue weighted by Crippen LogP contribution is -2.29. The van der Waals surface area contributed by atoms with Crippen LogP contribution < -0.4 is 11.3 Å². The number of benzene rings is 2. The fraction of sp³-hybridized carbons (Fsp3) is 0.143. The van der Waals surface area contributed by atoms with E-state index < -0.39 is 0 Å². The minimum absolute atomic E-state index is 0.275. The van der Waals surface area contributed by atoms with Crippen molar-refractivity contribution in [2.24, 2.45) is 5.84 Å². The van der Waals surface area contributed by atoms with Crippen molar-refractivity contribution in [3.05, 3.63) is 69.0 Å². The monoisotopic (exact) mass is 298 g/mol. The van der Waals surface area contributed by atoms with Crippen LogP contribution in [-0.4, -0.2) is 0 Å². The molecule has 0 spiro atoms. The van der Waals surface area contributed by atoms with Crippen LogP contribution in [0.2, 0.25) is 10.0 Å². The van der Waals surface area contributed by atoms with Crippen LogP contribution in [0, 0.1) is 12.7 Å². The Hall–Kier alpha value is -1.13. The highest BCUT2D eigenvalue weighted by Crippen LogP contribution is 2.30. The van der Waals surface area contributed by atoms with Crippen molar-refractivity contribution in [3.8, 4) is 0 Å². The highest BCUT2D eigenvalue weighted by molar-refractivity contribution is 6.35. The second-order valence-corrected chi connectivity index (χ2v) is 5.12. The van der Waals surface area contributed by atoms with Gasteiger partial charge in [-0.05, 0) is 41.8 Å². The summed E-state index contributed by atoms with van der Waals surface area (Å²) in [6, 6.07) is 9.70. The zero-order chi connectivity index (χ0) is 14.0. The Balaban J connectivity index is 2.46. The molecule has 0 saturated carbocycles. The van der Waals surface area contributed by atoms with Crippen molar-refractivity contribution >= 4 is 23.2 Å². The molecule has 1 atom stereocenters. The topological polar surface area (TPSA) is 38.0 Å². The summed E-state index contributed by atoms with van der Waals surface area (Å²) in [5.41, 5.74) is 4.68. The molecule has 0 bridgehead atoms. The van der Waals surface area contributed by atoms with E-state index in [9.17, 15) is 4.39 Å². The third-order valence-electron chi connectivity index (χ3n) is 2.97. The zero-order valence-corrected chi connectivity index (χ0v) is 11.8. The molecule has 0 amide bonds. The van der Waals surface area contributed by atoms with Crippen molar-refractivity contribution < 1.29 is 4.39 Å². The highest BCUT2D eigenvalue weighted by Gasteiger charge is 2.16. The van der Waals surface area contributed by atoms with E-state index in [1.807, 2.05) is 6.07 Å². The summed E-state index contributed by atoms with van der Waals surface area (Å²) in [5.74, 6) is 5.29. The Morgan fingerprint density at radius 1 is 1.16 bits per heavy atom. The first-order chi connectivity index (χ1) is 9.02. The lowest BCUT2D eigenvalue weighted by atomic mass is 9.98. The van der Waals surface area contributed by atoms with Gasteiger partial charge in [0, 0.05) is 10.0 Å². The predicted octanol–water partition coefficient (Wildman–Crippen LogP) is 3.99. The number of halogens is 3. The van der Waals surface area contributed by atoms with E-state index >= 15 is 0 Å². The summed E-state index contributed by atoms with van der Waals surface area (Å²) in [6.45, 7) is 1.71. The van der Waals surface area contributed by atoms with Gasteiger partial charge in [0.25, 0.3) is 0 Å². The molecule has 0 fully saturated rings. The summed E-state index contributed by atoms with van der Waals surface area (Å²) >= 11 is 12.0. The number of nitrogens with two attached hydrogens (primary N) is 1. The lowest BCUT2D eigenvalue weighted by Gasteiger charge is -2.19. The van der Waals surface area contributed by atoms with Gasteiger partial charge in [-0.15, -0.1) is 0 Å². The zero-order valence-electron chi connectivity index (χ0n) is 10.3. The van der Waals surface area contributed by atoms with Crippen LogP contribution in [0.3, 0.4) is 0 Å². The van der Waals surface area contributed by atoms with Gasteiger partial charge in [0.2, 0.25) is 0 Å². The Morgan fingerprint density at radius 2 is 1.89 bits per heavy atom. The minimum atomic E-state index is -0.389. The Kier molecular flexibility index (Phi) is 4.42. The van der Waals surface area contributed by atoms with Gasteiger partial charge in [-0.3, -0.25) is 5.84 Å². The molecule has 19 heavy (non-hydrogen) atoms. The average molecular weight is 299 g/mol. The number of aryl methyl sites for hydroxylation is 1. The van der Waals surface area contributed by atoms with Crippen LogP contribution in [0.4, 0.5) is 4.39 Å². The molecule has 0 radical (unpaired) electrons. The molecule has 2 nitrogen and oxygen atoms in total. The molecule has 0 heterocycles. The first-order valence-corrected chi connectivity index (χ1v) is 6.45. The smallest absolute Gasteiger partial charge is 0.126 e. The van der Waals surface area contributed by atoms with Crippen molar-refractivity contribution in [3.63, 3.8) is 0 Å². The SMILES string of the molecule is Cc1ccc(C(NN)c2ccc(Cl)cc2Cl)cc1F. The maximum absolute atomic E-state index is 13.6. The van der Waals surface area contributed by atoms with Gasteiger partial charge in [0.1, 0.15) is 5.82 Å². The van der Waals surface area contributed by atoms with Gasteiger partial charge in [0.15, 0.2) is 0 Å².